The first kappa shape index (κ1) is 26.3. The van der Waals surface area contributed by atoms with Crippen LogP contribution in [0.25, 0.3) is 11.3 Å². The van der Waals surface area contributed by atoms with Crippen LogP contribution >= 0.6 is 24.0 Å². The van der Waals surface area contributed by atoms with Gasteiger partial charge < -0.3 is 14.6 Å². The molecule has 2 aromatic carbocycles. The number of hydrazone groups is 1. The maximum atomic E-state index is 13.2. The van der Waals surface area contributed by atoms with Gasteiger partial charge in [0.25, 0.3) is 5.69 Å². The SMILES string of the molecule is CN(C)c1nc(NN=Cc2ccc(-c3cc([N+](=O)[O-])ccc3Cl)o2)nc(Nc2ccc(F)cc2)n1.Cl. The Hall–Kier alpha value is -4.29. The van der Waals surface area contributed by atoms with Crippen LogP contribution in [0.4, 0.5) is 33.6 Å². The smallest absolute Gasteiger partial charge is 0.270 e. The zero-order valence-corrected chi connectivity index (χ0v) is 20.4. The number of nitro groups is 1. The van der Waals surface area contributed by atoms with Crippen LogP contribution in [-0.4, -0.2) is 40.2 Å². The van der Waals surface area contributed by atoms with Crippen molar-refractivity contribution in [2.75, 3.05) is 29.7 Å². The average Bonchev–Trinajstić information content (AvgIpc) is 3.29. The molecule has 0 aliphatic rings. The molecule has 0 unspecified atom stereocenters. The number of non-ortho nitro benzene ring substituents is 1. The van der Waals surface area contributed by atoms with E-state index in [2.05, 4.69) is 30.8 Å². The van der Waals surface area contributed by atoms with E-state index in [0.29, 0.717) is 33.7 Å². The maximum absolute atomic E-state index is 13.2. The second-order valence-corrected chi connectivity index (χ2v) is 7.71. The van der Waals surface area contributed by atoms with Gasteiger partial charge in [-0.3, -0.25) is 10.1 Å². The normalized spacial score (nSPS) is 10.7. The number of aromatic nitrogens is 3. The fraction of sp³-hybridized carbons (Fsp3) is 0.0909. The van der Waals surface area contributed by atoms with Crippen LogP contribution < -0.4 is 15.6 Å². The van der Waals surface area contributed by atoms with Crippen molar-refractivity contribution < 1.29 is 13.7 Å². The van der Waals surface area contributed by atoms with Gasteiger partial charge in [-0.25, -0.2) is 9.82 Å². The summed E-state index contributed by atoms with van der Waals surface area (Å²) in [6.07, 6.45) is 1.39. The Morgan fingerprint density at radius 2 is 1.81 bits per heavy atom. The average molecular weight is 533 g/mol. The number of nitrogens with zero attached hydrogens (tertiary/aromatic N) is 6. The van der Waals surface area contributed by atoms with Crippen LogP contribution in [0.5, 0.6) is 0 Å². The van der Waals surface area contributed by atoms with Gasteiger partial charge in [0.1, 0.15) is 17.3 Å². The molecule has 0 radical (unpaired) electrons. The molecule has 0 atom stereocenters. The summed E-state index contributed by atoms with van der Waals surface area (Å²) < 4.78 is 18.9. The Bertz CT molecular complexity index is 1400. The Morgan fingerprint density at radius 1 is 1.08 bits per heavy atom. The largest absolute Gasteiger partial charge is 0.455 e. The molecule has 0 aliphatic heterocycles. The van der Waals surface area contributed by atoms with Gasteiger partial charge >= 0.3 is 0 Å². The number of nitro benzene ring substituents is 1. The first-order valence-corrected chi connectivity index (χ1v) is 10.5. The molecular formula is C22H19Cl2FN8O3. The molecule has 4 rings (SSSR count). The minimum absolute atomic E-state index is 0. The van der Waals surface area contributed by atoms with Crippen molar-refractivity contribution >= 4 is 59.4 Å². The Labute approximate surface area is 215 Å². The van der Waals surface area contributed by atoms with Crippen LogP contribution in [0.2, 0.25) is 5.02 Å². The summed E-state index contributed by atoms with van der Waals surface area (Å²) in [5, 5.41) is 18.4. The molecule has 14 heteroatoms. The molecule has 0 fully saturated rings. The highest BCUT2D eigenvalue weighted by atomic mass is 35.5. The number of rotatable bonds is 8. The monoisotopic (exact) mass is 532 g/mol. The Kier molecular flexibility index (Phi) is 8.35. The molecule has 0 bridgehead atoms. The van der Waals surface area contributed by atoms with E-state index in [1.54, 1.807) is 43.3 Å². The third-order valence-electron chi connectivity index (χ3n) is 4.53. The van der Waals surface area contributed by atoms with E-state index in [-0.39, 0.29) is 35.8 Å². The minimum Gasteiger partial charge on any atom is -0.455 e. The zero-order chi connectivity index (χ0) is 24.9. The minimum atomic E-state index is -0.509. The lowest BCUT2D eigenvalue weighted by atomic mass is 10.1. The highest BCUT2D eigenvalue weighted by Gasteiger charge is 2.14. The highest BCUT2D eigenvalue weighted by molar-refractivity contribution is 6.33. The van der Waals surface area contributed by atoms with Crippen LogP contribution in [0, 0.1) is 15.9 Å². The molecule has 4 aromatic rings. The van der Waals surface area contributed by atoms with E-state index in [1.165, 1.54) is 36.5 Å². The summed E-state index contributed by atoms with van der Waals surface area (Å²) in [6.45, 7) is 0. The van der Waals surface area contributed by atoms with Gasteiger partial charge in [-0.1, -0.05) is 11.6 Å². The number of benzene rings is 2. The molecule has 2 N–H and O–H groups in total. The number of hydrogen-bond donors (Lipinski definition) is 2. The van der Waals surface area contributed by atoms with Gasteiger partial charge in [0, 0.05) is 37.5 Å². The van der Waals surface area contributed by atoms with E-state index in [4.69, 9.17) is 16.0 Å². The quantitative estimate of drug-likeness (QED) is 0.171. The Balaban J connectivity index is 0.00000361. The first-order valence-electron chi connectivity index (χ1n) is 10.1. The molecule has 2 aromatic heterocycles. The Morgan fingerprint density at radius 3 is 2.50 bits per heavy atom. The van der Waals surface area contributed by atoms with Crippen LogP contribution in [0.3, 0.4) is 0 Å². The maximum Gasteiger partial charge on any atom is 0.270 e. The van der Waals surface area contributed by atoms with E-state index < -0.39 is 4.92 Å². The van der Waals surface area contributed by atoms with Crippen LogP contribution in [0.15, 0.2) is 64.1 Å². The number of halogens is 3. The number of anilines is 4. The highest BCUT2D eigenvalue weighted by Crippen LogP contribution is 2.32. The molecule has 0 aliphatic carbocycles. The zero-order valence-electron chi connectivity index (χ0n) is 18.8. The molecule has 11 nitrogen and oxygen atoms in total. The molecule has 0 saturated heterocycles. The predicted molar refractivity (Wildman–Crippen MR) is 138 cm³/mol. The lowest BCUT2D eigenvalue weighted by Crippen LogP contribution is -2.15. The van der Waals surface area contributed by atoms with Crippen molar-refractivity contribution in [3.05, 3.63) is 81.3 Å². The van der Waals surface area contributed by atoms with E-state index in [0.717, 1.165) is 0 Å². The van der Waals surface area contributed by atoms with Crippen LogP contribution in [-0.2, 0) is 0 Å². The predicted octanol–water partition coefficient (Wildman–Crippen LogP) is 5.51. The molecule has 0 amide bonds. The number of nitrogens with one attached hydrogen (secondary N) is 2. The first-order chi connectivity index (χ1) is 16.8. The fourth-order valence-electron chi connectivity index (χ4n) is 2.87. The standard InChI is InChI=1S/C22H18ClFN8O3.ClH/c1-31(2)22-28-20(26-14-5-3-13(24)4-6-14)27-21(29-22)30-25-12-16-8-10-19(35-16)17-11-15(32(33)34)7-9-18(17)23;/h3-12H,1-2H3,(H2,26,27,28,29,30);1H. The third-order valence-corrected chi connectivity index (χ3v) is 4.86. The lowest BCUT2D eigenvalue weighted by Gasteiger charge is -2.13. The summed E-state index contributed by atoms with van der Waals surface area (Å²) in [6, 6.07) is 13.1. The molecule has 0 saturated carbocycles. The van der Waals surface area contributed by atoms with Gasteiger partial charge in [-0.05, 0) is 42.5 Å². The molecule has 36 heavy (non-hydrogen) atoms. The second-order valence-electron chi connectivity index (χ2n) is 7.30. The lowest BCUT2D eigenvalue weighted by molar-refractivity contribution is -0.384. The summed E-state index contributed by atoms with van der Waals surface area (Å²) in [4.78, 5) is 25.1. The number of furan rings is 1. The van der Waals surface area contributed by atoms with E-state index >= 15 is 0 Å². The van der Waals surface area contributed by atoms with Crippen molar-refractivity contribution in [3.8, 4) is 11.3 Å². The van der Waals surface area contributed by atoms with Crippen molar-refractivity contribution in [2.24, 2.45) is 5.10 Å². The summed E-state index contributed by atoms with van der Waals surface area (Å²) in [5.74, 6) is 1.10. The number of hydrogen-bond acceptors (Lipinski definition) is 10. The third kappa shape index (κ3) is 6.43. The van der Waals surface area contributed by atoms with E-state index in [1.807, 2.05) is 0 Å². The second kappa shape index (κ2) is 11.4. The summed E-state index contributed by atoms with van der Waals surface area (Å²) in [7, 11) is 3.54. The molecule has 186 valence electrons. The molecule has 0 spiro atoms. The van der Waals surface area contributed by atoms with E-state index in [9.17, 15) is 14.5 Å². The fourth-order valence-corrected chi connectivity index (χ4v) is 3.08. The molecule has 2 heterocycles. The van der Waals surface area contributed by atoms with Gasteiger partial charge in [0.15, 0.2) is 0 Å². The van der Waals surface area contributed by atoms with Gasteiger partial charge in [-0.15, -0.1) is 12.4 Å². The van der Waals surface area contributed by atoms with Gasteiger partial charge in [-0.2, -0.15) is 20.1 Å². The van der Waals surface area contributed by atoms with Gasteiger partial charge in [0.05, 0.1) is 16.2 Å². The topological polar surface area (TPSA) is 135 Å². The van der Waals surface area contributed by atoms with Gasteiger partial charge in [0.2, 0.25) is 17.8 Å². The van der Waals surface area contributed by atoms with Crippen molar-refractivity contribution in [1.29, 1.82) is 0 Å². The summed E-state index contributed by atoms with van der Waals surface area (Å²) in [5.41, 5.74) is 3.59. The molecular weight excluding hydrogens is 514 g/mol. The van der Waals surface area contributed by atoms with Crippen molar-refractivity contribution in [3.63, 3.8) is 0 Å². The van der Waals surface area contributed by atoms with Crippen molar-refractivity contribution in [1.82, 2.24) is 15.0 Å². The van der Waals surface area contributed by atoms with Crippen LogP contribution in [0.1, 0.15) is 5.76 Å². The summed E-state index contributed by atoms with van der Waals surface area (Å²) >= 11 is 6.17. The van der Waals surface area contributed by atoms with Crippen molar-refractivity contribution in [2.45, 2.75) is 0 Å².